The molecule has 0 unspecified atom stereocenters. The molecule has 134 valence electrons. The van der Waals surface area contributed by atoms with Gasteiger partial charge in [0.15, 0.2) is 5.11 Å². The van der Waals surface area contributed by atoms with E-state index in [-0.39, 0.29) is 5.82 Å². The van der Waals surface area contributed by atoms with Gasteiger partial charge in [-0.2, -0.15) is 0 Å². The van der Waals surface area contributed by atoms with Crippen molar-refractivity contribution < 1.29 is 9.13 Å². The van der Waals surface area contributed by atoms with Crippen LogP contribution in [-0.4, -0.2) is 26.5 Å². The summed E-state index contributed by atoms with van der Waals surface area (Å²) in [5.41, 5.74) is 1.55. The number of halogens is 1. The van der Waals surface area contributed by atoms with E-state index in [4.69, 9.17) is 17.0 Å². The minimum atomic E-state index is -0.278. The van der Waals surface area contributed by atoms with Crippen molar-refractivity contribution in [3.63, 3.8) is 0 Å². The number of hydrogen-bond acceptors (Lipinski definition) is 4. The summed E-state index contributed by atoms with van der Waals surface area (Å²) in [6.45, 7) is 2.90. The third-order valence-electron chi connectivity index (χ3n) is 3.43. The number of nitrogens with zero attached hydrogens (tertiary/aromatic N) is 3. The van der Waals surface area contributed by atoms with Gasteiger partial charge in [0, 0.05) is 0 Å². The molecule has 0 aliphatic rings. The topological polar surface area (TPSA) is 64.0 Å². The molecule has 0 bridgehead atoms. The first-order chi connectivity index (χ1) is 12.6. The van der Waals surface area contributed by atoms with Crippen molar-refractivity contribution in [2.75, 3.05) is 17.2 Å². The Labute approximate surface area is 156 Å². The molecule has 3 rings (SSSR count). The summed E-state index contributed by atoms with van der Waals surface area (Å²) in [7, 11) is 0. The number of hydrogen-bond donors (Lipinski definition) is 2. The first-order valence-corrected chi connectivity index (χ1v) is 8.48. The van der Waals surface area contributed by atoms with E-state index < -0.39 is 0 Å². The fourth-order valence-corrected chi connectivity index (χ4v) is 2.56. The lowest BCUT2D eigenvalue weighted by Crippen LogP contribution is -2.20. The van der Waals surface area contributed by atoms with Crippen LogP contribution in [-0.2, 0) is 6.54 Å². The number of para-hydroxylation sites is 2. The van der Waals surface area contributed by atoms with E-state index in [1.54, 1.807) is 17.1 Å². The van der Waals surface area contributed by atoms with Crippen molar-refractivity contribution in [3.05, 3.63) is 66.2 Å². The summed E-state index contributed by atoms with van der Waals surface area (Å²) >= 11 is 5.30. The normalized spacial score (nSPS) is 10.4. The van der Waals surface area contributed by atoms with E-state index in [0.717, 1.165) is 11.3 Å². The summed E-state index contributed by atoms with van der Waals surface area (Å²) in [4.78, 5) is 4.16. The van der Waals surface area contributed by atoms with Gasteiger partial charge < -0.3 is 10.1 Å². The van der Waals surface area contributed by atoms with Crippen molar-refractivity contribution in [2.24, 2.45) is 0 Å². The first-order valence-electron chi connectivity index (χ1n) is 8.08. The highest BCUT2D eigenvalue weighted by molar-refractivity contribution is 7.80. The van der Waals surface area contributed by atoms with Gasteiger partial charge in [0.1, 0.15) is 17.9 Å². The largest absolute Gasteiger partial charge is 0.492 e. The molecule has 0 radical (unpaired) electrons. The van der Waals surface area contributed by atoms with Gasteiger partial charge in [-0.15, -0.1) is 5.10 Å². The average Bonchev–Trinajstić information content (AvgIpc) is 3.03. The predicted octanol–water partition coefficient (Wildman–Crippen LogP) is 3.67. The van der Waals surface area contributed by atoms with E-state index in [1.165, 1.54) is 12.1 Å². The SMILES string of the molecule is CCOc1ccccc1NC(=S)Nc1ncn(Cc2cccc(F)c2)n1. The molecule has 0 atom stereocenters. The van der Waals surface area contributed by atoms with Crippen LogP contribution >= 0.6 is 12.2 Å². The lowest BCUT2D eigenvalue weighted by Gasteiger charge is -2.12. The van der Waals surface area contributed by atoms with Crippen LogP contribution in [0.5, 0.6) is 5.75 Å². The van der Waals surface area contributed by atoms with E-state index in [2.05, 4.69) is 20.7 Å². The van der Waals surface area contributed by atoms with E-state index >= 15 is 0 Å². The van der Waals surface area contributed by atoms with Crippen molar-refractivity contribution in [2.45, 2.75) is 13.5 Å². The second-order valence-corrected chi connectivity index (χ2v) is 5.81. The van der Waals surface area contributed by atoms with E-state index in [1.807, 2.05) is 37.3 Å². The van der Waals surface area contributed by atoms with Crippen molar-refractivity contribution in [1.29, 1.82) is 0 Å². The summed E-state index contributed by atoms with van der Waals surface area (Å²) in [5.74, 6) is 0.788. The van der Waals surface area contributed by atoms with Crippen molar-refractivity contribution >= 4 is 29.0 Å². The van der Waals surface area contributed by atoms with Crippen LogP contribution in [0, 0.1) is 5.82 Å². The summed E-state index contributed by atoms with van der Waals surface area (Å²) in [5, 5.41) is 10.6. The maximum Gasteiger partial charge on any atom is 0.248 e. The predicted molar refractivity (Wildman–Crippen MR) is 103 cm³/mol. The number of aromatic nitrogens is 3. The zero-order valence-corrected chi connectivity index (χ0v) is 15.0. The molecule has 0 aliphatic heterocycles. The van der Waals surface area contributed by atoms with Gasteiger partial charge in [0.05, 0.1) is 18.8 Å². The molecule has 26 heavy (non-hydrogen) atoms. The molecule has 3 aromatic rings. The number of thiocarbonyl (C=S) groups is 1. The third kappa shape index (κ3) is 4.76. The quantitative estimate of drug-likeness (QED) is 0.645. The Hall–Kier alpha value is -3.00. The Kier molecular flexibility index (Phi) is 5.75. The minimum absolute atomic E-state index is 0.278. The Balaban J connectivity index is 1.61. The third-order valence-corrected chi connectivity index (χ3v) is 3.63. The Bertz CT molecular complexity index is 899. The summed E-state index contributed by atoms with van der Waals surface area (Å²) in [6, 6.07) is 13.9. The van der Waals surface area contributed by atoms with Crippen LogP contribution in [0.25, 0.3) is 0 Å². The van der Waals surface area contributed by atoms with Gasteiger partial charge in [-0.25, -0.2) is 14.1 Å². The lowest BCUT2D eigenvalue weighted by atomic mass is 10.2. The summed E-state index contributed by atoms with van der Waals surface area (Å²) < 4.78 is 20.4. The fourth-order valence-electron chi connectivity index (χ4n) is 2.36. The summed E-state index contributed by atoms with van der Waals surface area (Å²) in [6.07, 6.45) is 1.56. The first kappa shape index (κ1) is 17.8. The molecule has 1 heterocycles. The van der Waals surface area contributed by atoms with Crippen molar-refractivity contribution in [1.82, 2.24) is 14.8 Å². The van der Waals surface area contributed by atoms with Crippen LogP contribution in [0.2, 0.25) is 0 Å². The molecule has 0 saturated heterocycles. The van der Waals surface area contributed by atoms with Crippen LogP contribution in [0.1, 0.15) is 12.5 Å². The maximum absolute atomic E-state index is 13.2. The van der Waals surface area contributed by atoms with Gasteiger partial charge in [-0.1, -0.05) is 24.3 Å². The van der Waals surface area contributed by atoms with Gasteiger partial charge in [0.2, 0.25) is 5.95 Å². The Morgan fingerprint density at radius 2 is 2.04 bits per heavy atom. The maximum atomic E-state index is 13.2. The number of nitrogens with one attached hydrogen (secondary N) is 2. The molecule has 2 aromatic carbocycles. The van der Waals surface area contributed by atoms with Gasteiger partial charge in [-0.05, 0) is 49.0 Å². The molecule has 0 spiro atoms. The highest BCUT2D eigenvalue weighted by Gasteiger charge is 2.07. The molecule has 6 nitrogen and oxygen atoms in total. The number of anilines is 2. The van der Waals surface area contributed by atoms with Gasteiger partial charge in [0.25, 0.3) is 0 Å². The minimum Gasteiger partial charge on any atom is -0.492 e. The number of benzene rings is 2. The van der Waals surface area contributed by atoms with Crippen LogP contribution in [0.3, 0.4) is 0 Å². The number of ether oxygens (including phenoxy) is 1. The molecule has 2 N–H and O–H groups in total. The Morgan fingerprint density at radius 1 is 1.19 bits per heavy atom. The van der Waals surface area contributed by atoms with E-state index in [9.17, 15) is 4.39 Å². The molecule has 0 amide bonds. The van der Waals surface area contributed by atoms with E-state index in [0.29, 0.717) is 30.0 Å². The van der Waals surface area contributed by atoms with Crippen LogP contribution in [0.4, 0.5) is 16.0 Å². The molecule has 8 heteroatoms. The smallest absolute Gasteiger partial charge is 0.248 e. The second kappa shape index (κ2) is 8.39. The zero-order valence-electron chi connectivity index (χ0n) is 14.1. The Morgan fingerprint density at radius 3 is 2.85 bits per heavy atom. The number of rotatable bonds is 6. The fraction of sp³-hybridized carbons (Fsp3) is 0.167. The molecular formula is C18H18FN5OS. The molecule has 0 saturated carbocycles. The van der Waals surface area contributed by atoms with Crippen LogP contribution < -0.4 is 15.4 Å². The second-order valence-electron chi connectivity index (χ2n) is 5.40. The highest BCUT2D eigenvalue weighted by Crippen LogP contribution is 2.23. The molecule has 0 aliphatic carbocycles. The van der Waals surface area contributed by atoms with Gasteiger partial charge >= 0.3 is 0 Å². The standard InChI is InChI=1S/C18H18FN5OS/c1-2-25-16-9-4-3-8-15(16)21-18(26)22-17-20-12-24(23-17)11-13-6-5-7-14(19)10-13/h3-10,12H,2,11H2,1H3,(H2,21,22,23,26). The molecular weight excluding hydrogens is 353 g/mol. The van der Waals surface area contributed by atoms with Crippen LogP contribution in [0.15, 0.2) is 54.9 Å². The highest BCUT2D eigenvalue weighted by atomic mass is 32.1. The lowest BCUT2D eigenvalue weighted by molar-refractivity contribution is 0.342. The average molecular weight is 371 g/mol. The van der Waals surface area contributed by atoms with Crippen molar-refractivity contribution in [3.8, 4) is 5.75 Å². The van der Waals surface area contributed by atoms with Gasteiger partial charge in [-0.3, -0.25) is 5.32 Å². The molecule has 1 aromatic heterocycles. The molecule has 0 fully saturated rings. The monoisotopic (exact) mass is 371 g/mol. The zero-order chi connectivity index (χ0) is 18.4.